The molecule has 9 heteroatoms. The fourth-order valence-electron chi connectivity index (χ4n) is 4.47. The number of aromatic nitrogens is 1. The van der Waals surface area contributed by atoms with Crippen molar-refractivity contribution in [1.82, 2.24) is 19.5 Å². The third kappa shape index (κ3) is 5.15. The summed E-state index contributed by atoms with van der Waals surface area (Å²) in [6.07, 6.45) is 3.28. The molecular formula is C25H30N4O4S. The molecule has 1 unspecified atom stereocenters. The van der Waals surface area contributed by atoms with Crippen LogP contribution in [-0.4, -0.2) is 54.3 Å². The lowest BCUT2D eigenvalue weighted by Gasteiger charge is -2.32. The maximum absolute atomic E-state index is 13.4. The van der Waals surface area contributed by atoms with Gasteiger partial charge in [0.1, 0.15) is 6.04 Å². The summed E-state index contributed by atoms with van der Waals surface area (Å²) in [5, 5.41) is 7.34. The Morgan fingerprint density at radius 3 is 2.41 bits per heavy atom. The number of nitrogens with zero attached hydrogens (tertiary/aromatic N) is 2. The zero-order chi connectivity index (χ0) is 24.3. The summed E-state index contributed by atoms with van der Waals surface area (Å²) in [7, 11) is -1.76. The van der Waals surface area contributed by atoms with Gasteiger partial charge in [-0.1, -0.05) is 36.4 Å². The third-order valence-electron chi connectivity index (χ3n) is 6.33. The first kappa shape index (κ1) is 24.0. The fraction of sp³-hybridized carbons (Fsp3) is 0.360. The topological polar surface area (TPSA) is 101 Å². The molecular weight excluding hydrogens is 452 g/mol. The monoisotopic (exact) mass is 482 g/mol. The van der Waals surface area contributed by atoms with Gasteiger partial charge in [-0.25, -0.2) is 8.42 Å². The van der Waals surface area contributed by atoms with E-state index in [1.807, 2.05) is 60.3 Å². The summed E-state index contributed by atoms with van der Waals surface area (Å²) in [5.41, 5.74) is 0.935. The number of piperidine rings is 1. The van der Waals surface area contributed by atoms with Crippen LogP contribution in [0.1, 0.15) is 25.5 Å². The number of rotatable bonds is 7. The van der Waals surface area contributed by atoms with Crippen molar-refractivity contribution in [2.75, 3.05) is 13.1 Å². The van der Waals surface area contributed by atoms with Gasteiger partial charge in [0.2, 0.25) is 21.8 Å². The van der Waals surface area contributed by atoms with E-state index in [0.29, 0.717) is 42.6 Å². The maximum Gasteiger partial charge on any atom is 0.243 e. The van der Waals surface area contributed by atoms with E-state index < -0.39 is 16.1 Å². The Hall–Kier alpha value is -3.17. The zero-order valence-corrected chi connectivity index (χ0v) is 20.2. The highest BCUT2D eigenvalue weighted by molar-refractivity contribution is 7.89. The van der Waals surface area contributed by atoms with Crippen molar-refractivity contribution in [3.8, 4) is 0 Å². The molecule has 8 nitrogen and oxygen atoms in total. The van der Waals surface area contributed by atoms with Gasteiger partial charge < -0.3 is 15.2 Å². The number of sulfonamides is 1. The Bertz CT molecular complexity index is 1290. The quantitative estimate of drug-likeness (QED) is 0.539. The number of carbonyl (C=O) groups is 2. The van der Waals surface area contributed by atoms with E-state index >= 15 is 0 Å². The van der Waals surface area contributed by atoms with Crippen molar-refractivity contribution in [3.63, 3.8) is 0 Å². The van der Waals surface area contributed by atoms with Crippen LogP contribution >= 0.6 is 0 Å². The molecule has 0 aliphatic carbocycles. The summed E-state index contributed by atoms with van der Waals surface area (Å²) < 4.78 is 30.1. The van der Waals surface area contributed by atoms with Crippen molar-refractivity contribution in [3.05, 3.63) is 66.5 Å². The molecule has 2 heterocycles. The van der Waals surface area contributed by atoms with Gasteiger partial charge in [0.15, 0.2) is 0 Å². The molecule has 0 bridgehead atoms. The van der Waals surface area contributed by atoms with Crippen LogP contribution in [0.5, 0.6) is 0 Å². The number of hydrogen-bond donors (Lipinski definition) is 2. The number of nitrogens with one attached hydrogen (secondary N) is 2. The molecule has 1 aromatic heterocycles. The van der Waals surface area contributed by atoms with Crippen molar-refractivity contribution in [2.24, 2.45) is 7.05 Å². The number of fused-ring (bicyclic) bond motifs is 1. The molecule has 3 aromatic rings. The van der Waals surface area contributed by atoms with Crippen LogP contribution in [0.25, 0.3) is 10.8 Å². The molecule has 0 saturated carbocycles. The van der Waals surface area contributed by atoms with Gasteiger partial charge in [0, 0.05) is 56.8 Å². The molecule has 2 amide bonds. The van der Waals surface area contributed by atoms with E-state index in [0.717, 1.165) is 11.1 Å². The minimum absolute atomic E-state index is 0.156. The number of amides is 2. The summed E-state index contributed by atoms with van der Waals surface area (Å²) in [6, 6.07) is 15.7. The highest BCUT2D eigenvalue weighted by atomic mass is 32.2. The van der Waals surface area contributed by atoms with Gasteiger partial charge in [0.25, 0.3) is 0 Å². The second kappa shape index (κ2) is 9.99. The van der Waals surface area contributed by atoms with Gasteiger partial charge in [-0.3, -0.25) is 9.59 Å². The molecule has 1 aliphatic rings. The smallest absolute Gasteiger partial charge is 0.243 e. The summed E-state index contributed by atoms with van der Waals surface area (Å²) in [6.45, 7) is 2.03. The highest BCUT2D eigenvalue weighted by Crippen LogP contribution is 2.27. The van der Waals surface area contributed by atoms with Crippen molar-refractivity contribution in [1.29, 1.82) is 0 Å². The Labute approximate surface area is 200 Å². The van der Waals surface area contributed by atoms with Crippen LogP contribution in [0, 0.1) is 0 Å². The van der Waals surface area contributed by atoms with Crippen LogP contribution in [0.15, 0.2) is 65.7 Å². The molecule has 34 heavy (non-hydrogen) atoms. The molecule has 1 fully saturated rings. The Kier molecular flexibility index (Phi) is 7.04. The molecule has 2 N–H and O–H groups in total. The van der Waals surface area contributed by atoms with Crippen LogP contribution in [0.4, 0.5) is 0 Å². The van der Waals surface area contributed by atoms with Gasteiger partial charge >= 0.3 is 0 Å². The largest absolute Gasteiger partial charge is 0.354 e. The molecule has 1 aliphatic heterocycles. The summed E-state index contributed by atoms with van der Waals surface area (Å²) >= 11 is 0. The van der Waals surface area contributed by atoms with E-state index in [9.17, 15) is 18.0 Å². The number of hydrogen-bond acceptors (Lipinski definition) is 4. The van der Waals surface area contributed by atoms with Crippen LogP contribution in [0.2, 0.25) is 0 Å². The molecule has 0 spiro atoms. The Balaban J connectivity index is 1.41. The van der Waals surface area contributed by atoms with Crippen molar-refractivity contribution in [2.45, 2.75) is 43.2 Å². The number of carbonyl (C=O) groups excluding carboxylic acids is 2. The lowest BCUT2D eigenvalue weighted by atomic mass is 10.0. The molecule has 180 valence electrons. The number of aryl methyl sites for hydroxylation is 1. The average Bonchev–Trinajstić information content (AvgIpc) is 3.22. The van der Waals surface area contributed by atoms with Gasteiger partial charge in [-0.05, 0) is 36.4 Å². The van der Waals surface area contributed by atoms with E-state index in [-0.39, 0.29) is 17.9 Å². The minimum atomic E-state index is -3.65. The van der Waals surface area contributed by atoms with Crippen molar-refractivity contribution < 1.29 is 18.0 Å². The third-order valence-corrected chi connectivity index (χ3v) is 8.28. The van der Waals surface area contributed by atoms with E-state index in [4.69, 9.17) is 0 Å². The second-order valence-corrected chi connectivity index (χ2v) is 10.6. The zero-order valence-electron chi connectivity index (χ0n) is 19.4. The lowest BCUT2D eigenvalue weighted by molar-refractivity contribution is -0.128. The van der Waals surface area contributed by atoms with E-state index in [2.05, 4.69) is 10.6 Å². The SMILES string of the molecule is CC(=O)NC(Cc1cccn1C)C(=O)NC1CCN(S(=O)(=O)c2cccc3ccccc23)CC1. The number of benzene rings is 2. The van der Waals surface area contributed by atoms with E-state index in [1.165, 1.54) is 11.2 Å². The van der Waals surface area contributed by atoms with Crippen LogP contribution in [-0.2, 0) is 33.1 Å². The minimum Gasteiger partial charge on any atom is -0.354 e. The van der Waals surface area contributed by atoms with E-state index in [1.54, 1.807) is 12.1 Å². The molecule has 0 radical (unpaired) electrons. The predicted octanol–water partition coefficient (Wildman–Crippen LogP) is 2.20. The second-order valence-electron chi connectivity index (χ2n) is 8.73. The maximum atomic E-state index is 13.4. The standard InChI is InChI=1S/C25H30N4O4S/c1-18(30)26-23(17-21-9-6-14-28(21)2)25(31)27-20-12-15-29(16-13-20)34(32,33)24-11-5-8-19-7-3-4-10-22(19)24/h3-11,14,20,23H,12-13,15-17H2,1-2H3,(H,26,30)(H,27,31). The molecule has 4 rings (SSSR count). The lowest BCUT2D eigenvalue weighted by Crippen LogP contribution is -2.53. The van der Waals surface area contributed by atoms with Gasteiger partial charge in [-0.2, -0.15) is 4.31 Å². The predicted molar refractivity (Wildman–Crippen MR) is 131 cm³/mol. The fourth-order valence-corrected chi connectivity index (χ4v) is 6.16. The first-order valence-corrected chi connectivity index (χ1v) is 12.9. The first-order chi connectivity index (χ1) is 16.3. The highest BCUT2D eigenvalue weighted by Gasteiger charge is 2.32. The van der Waals surface area contributed by atoms with Gasteiger partial charge in [0.05, 0.1) is 4.90 Å². The van der Waals surface area contributed by atoms with Crippen molar-refractivity contribution >= 4 is 32.6 Å². The summed E-state index contributed by atoms with van der Waals surface area (Å²) in [4.78, 5) is 24.9. The molecule has 2 aromatic carbocycles. The summed E-state index contributed by atoms with van der Waals surface area (Å²) in [5.74, 6) is -0.530. The Morgan fingerprint density at radius 2 is 1.74 bits per heavy atom. The average molecular weight is 483 g/mol. The first-order valence-electron chi connectivity index (χ1n) is 11.4. The molecule has 1 atom stereocenters. The van der Waals surface area contributed by atoms with Crippen LogP contribution in [0.3, 0.4) is 0 Å². The van der Waals surface area contributed by atoms with Crippen LogP contribution < -0.4 is 10.6 Å². The Morgan fingerprint density at radius 1 is 1.03 bits per heavy atom. The van der Waals surface area contributed by atoms with Gasteiger partial charge in [-0.15, -0.1) is 0 Å². The normalized spacial score (nSPS) is 16.3. The molecule has 1 saturated heterocycles.